The van der Waals surface area contributed by atoms with E-state index in [1.165, 1.54) is 0 Å². The van der Waals surface area contributed by atoms with Crippen molar-refractivity contribution in [2.75, 3.05) is 13.2 Å². The van der Waals surface area contributed by atoms with E-state index >= 15 is 0 Å². The van der Waals surface area contributed by atoms with Gasteiger partial charge in [0.25, 0.3) is 0 Å². The summed E-state index contributed by atoms with van der Waals surface area (Å²) in [4.78, 5) is 12.4. The van der Waals surface area contributed by atoms with E-state index in [-0.39, 0.29) is 11.8 Å². The molecular weight excluding hydrogens is 298 g/mol. The van der Waals surface area contributed by atoms with Gasteiger partial charge in [0.15, 0.2) is 0 Å². The molecule has 1 aromatic heterocycles. The van der Waals surface area contributed by atoms with Gasteiger partial charge < -0.3 is 10.1 Å². The first-order valence-corrected chi connectivity index (χ1v) is 8.31. The monoisotopic (exact) mass is 317 g/mol. The molecule has 1 aromatic carbocycles. The largest absolute Gasteiger partial charge is 0.493 e. The molecular formula is C16H19N3O2S. The Kier molecular flexibility index (Phi) is 4.68. The second-order valence-corrected chi connectivity index (χ2v) is 6.67. The standard InChI is InChI=1S/C16H19N3O2S/c1-11-18-19-15(22-11)6-8-17-16(20)13-7-9-21-14-5-3-2-4-12(14)10-13/h2-5,13H,6-10H2,1H3,(H,17,20)/t13-/m0/s1. The minimum atomic E-state index is -0.0280. The van der Waals surface area contributed by atoms with E-state index in [0.29, 0.717) is 13.2 Å². The van der Waals surface area contributed by atoms with Crippen LogP contribution in [-0.2, 0) is 17.6 Å². The maximum atomic E-state index is 12.4. The molecule has 1 N–H and O–H groups in total. The van der Waals surface area contributed by atoms with Crippen LogP contribution in [0.25, 0.3) is 0 Å². The van der Waals surface area contributed by atoms with Crippen LogP contribution in [0.5, 0.6) is 5.75 Å². The van der Waals surface area contributed by atoms with Gasteiger partial charge in [0.2, 0.25) is 5.91 Å². The zero-order valence-corrected chi connectivity index (χ0v) is 13.4. The van der Waals surface area contributed by atoms with Gasteiger partial charge in [-0.05, 0) is 31.4 Å². The summed E-state index contributed by atoms with van der Waals surface area (Å²) in [6.07, 6.45) is 2.22. The zero-order chi connectivity index (χ0) is 15.4. The second kappa shape index (κ2) is 6.87. The van der Waals surface area contributed by atoms with Gasteiger partial charge >= 0.3 is 0 Å². The molecule has 0 aliphatic carbocycles. The Hall–Kier alpha value is -1.95. The van der Waals surface area contributed by atoms with E-state index < -0.39 is 0 Å². The average Bonchev–Trinajstić information content (AvgIpc) is 2.81. The third-order valence-electron chi connectivity index (χ3n) is 3.74. The van der Waals surface area contributed by atoms with Crippen molar-refractivity contribution in [3.63, 3.8) is 0 Å². The fourth-order valence-corrected chi connectivity index (χ4v) is 3.30. The van der Waals surface area contributed by atoms with Crippen molar-refractivity contribution in [1.82, 2.24) is 15.5 Å². The Morgan fingerprint density at radius 2 is 2.27 bits per heavy atom. The van der Waals surface area contributed by atoms with Crippen LogP contribution in [0.15, 0.2) is 24.3 Å². The highest BCUT2D eigenvalue weighted by Crippen LogP contribution is 2.26. The van der Waals surface area contributed by atoms with E-state index in [4.69, 9.17) is 4.74 Å². The number of rotatable bonds is 4. The lowest BCUT2D eigenvalue weighted by atomic mass is 9.96. The molecule has 2 heterocycles. The fraction of sp³-hybridized carbons (Fsp3) is 0.438. The molecule has 5 nitrogen and oxygen atoms in total. The molecule has 0 spiro atoms. The van der Waals surface area contributed by atoms with Gasteiger partial charge in [-0.1, -0.05) is 18.2 Å². The van der Waals surface area contributed by atoms with Crippen molar-refractivity contribution in [1.29, 1.82) is 0 Å². The highest BCUT2D eigenvalue weighted by atomic mass is 32.1. The summed E-state index contributed by atoms with van der Waals surface area (Å²) in [7, 11) is 0. The van der Waals surface area contributed by atoms with Crippen molar-refractivity contribution in [3.05, 3.63) is 39.8 Å². The van der Waals surface area contributed by atoms with Gasteiger partial charge in [-0.25, -0.2) is 0 Å². The highest BCUT2D eigenvalue weighted by molar-refractivity contribution is 7.11. The van der Waals surface area contributed by atoms with Crippen LogP contribution in [-0.4, -0.2) is 29.3 Å². The molecule has 1 aliphatic heterocycles. The van der Waals surface area contributed by atoms with Crippen molar-refractivity contribution in [3.8, 4) is 5.75 Å². The van der Waals surface area contributed by atoms with Crippen LogP contribution >= 0.6 is 11.3 Å². The van der Waals surface area contributed by atoms with Crippen molar-refractivity contribution in [2.24, 2.45) is 5.92 Å². The summed E-state index contributed by atoms with van der Waals surface area (Å²) >= 11 is 1.58. The van der Waals surface area contributed by atoms with Crippen LogP contribution in [0.1, 0.15) is 22.0 Å². The summed E-state index contributed by atoms with van der Waals surface area (Å²) < 4.78 is 5.71. The van der Waals surface area contributed by atoms with E-state index in [0.717, 1.165) is 40.6 Å². The molecule has 0 saturated carbocycles. The molecule has 116 valence electrons. The van der Waals surface area contributed by atoms with E-state index in [2.05, 4.69) is 15.5 Å². The molecule has 0 saturated heterocycles. The Morgan fingerprint density at radius 1 is 1.41 bits per heavy atom. The van der Waals surface area contributed by atoms with Gasteiger partial charge in [-0.15, -0.1) is 21.5 Å². The van der Waals surface area contributed by atoms with Crippen LogP contribution < -0.4 is 10.1 Å². The molecule has 3 rings (SSSR count). The van der Waals surface area contributed by atoms with Gasteiger partial charge in [-0.3, -0.25) is 4.79 Å². The zero-order valence-electron chi connectivity index (χ0n) is 12.5. The molecule has 0 unspecified atom stereocenters. The number of hydrogen-bond donors (Lipinski definition) is 1. The van der Waals surface area contributed by atoms with Crippen LogP contribution in [0.4, 0.5) is 0 Å². The smallest absolute Gasteiger partial charge is 0.223 e. The lowest BCUT2D eigenvalue weighted by molar-refractivity contribution is -0.125. The van der Waals surface area contributed by atoms with E-state index in [1.54, 1.807) is 11.3 Å². The van der Waals surface area contributed by atoms with Gasteiger partial charge in [0.1, 0.15) is 15.8 Å². The molecule has 0 bridgehead atoms. The number of hydrogen-bond acceptors (Lipinski definition) is 5. The minimum absolute atomic E-state index is 0.0280. The predicted molar refractivity (Wildman–Crippen MR) is 85.1 cm³/mol. The number of benzene rings is 1. The van der Waals surface area contributed by atoms with Crippen LogP contribution in [0.2, 0.25) is 0 Å². The number of fused-ring (bicyclic) bond motifs is 1. The summed E-state index contributed by atoms with van der Waals surface area (Å²) in [5, 5.41) is 13.0. The summed E-state index contributed by atoms with van der Waals surface area (Å²) in [6, 6.07) is 7.95. The quantitative estimate of drug-likeness (QED) is 0.938. The summed E-state index contributed by atoms with van der Waals surface area (Å²) in [5.41, 5.74) is 1.11. The summed E-state index contributed by atoms with van der Waals surface area (Å²) in [5.74, 6) is 0.975. The summed E-state index contributed by atoms with van der Waals surface area (Å²) in [6.45, 7) is 3.12. The number of aromatic nitrogens is 2. The molecule has 0 fully saturated rings. The minimum Gasteiger partial charge on any atom is -0.493 e. The first-order chi connectivity index (χ1) is 10.7. The number of carbonyl (C=O) groups is 1. The van der Waals surface area contributed by atoms with Gasteiger partial charge in [0.05, 0.1) is 6.61 Å². The molecule has 1 amide bonds. The number of para-hydroxylation sites is 1. The van der Waals surface area contributed by atoms with Gasteiger partial charge in [-0.2, -0.15) is 0 Å². The van der Waals surface area contributed by atoms with Crippen LogP contribution in [0, 0.1) is 12.8 Å². The Labute approximate surface area is 133 Å². The third-order valence-corrected chi connectivity index (χ3v) is 4.64. The number of nitrogens with one attached hydrogen (secondary N) is 1. The predicted octanol–water partition coefficient (Wildman–Crippen LogP) is 2.15. The van der Waals surface area contributed by atoms with Crippen molar-refractivity contribution < 1.29 is 9.53 Å². The van der Waals surface area contributed by atoms with Gasteiger partial charge in [0, 0.05) is 18.9 Å². The first-order valence-electron chi connectivity index (χ1n) is 7.50. The first kappa shape index (κ1) is 15.0. The molecule has 6 heteroatoms. The maximum absolute atomic E-state index is 12.4. The van der Waals surface area contributed by atoms with E-state index in [9.17, 15) is 4.79 Å². The Balaban J connectivity index is 1.54. The average molecular weight is 317 g/mol. The van der Waals surface area contributed by atoms with E-state index in [1.807, 2.05) is 31.2 Å². The lowest BCUT2D eigenvalue weighted by Crippen LogP contribution is -2.33. The molecule has 1 atom stereocenters. The highest BCUT2D eigenvalue weighted by Gasteiger charge is 2.23. The van der Waals surface area contributed by atoms with Crippen molar-refractivity contribution in [2.45, 2.75) is 26.2 Å². The molecule has 0 radical (unpaired) electrons. The topological polar surface area (TPSA) is 64.1 Å². The number of carbonyl (C=O) groups excluding carboxylic acids is 1. The molecule has 2 aromatic rings. The maximum Gasteiger partial charge on any atom is 0.223 e. The number of nitrogens with zero attached hydrogens (tertiary/aromatic N) is 2. The Morgan fingerprint density at radius 3 is 3.09 bits per heavy atom. The SMILES string of the molecule is Cc1nnc(CCNC(=O)[C@H]2CCOc3ccccc3C2)s1. The molecule has 1 aliphatic rings. The van der Waals surface area contributed by atoms with Crippen molar-refractivity contribution >= 4 is 17.2 Å². The van der Waals surface area contributed by atoms with Crippen LogP contribution in [0.3, 0.4) is 0 Å². The number of aryl methyl sites for hydroxylation is 1. The molecule has 22 heavy (non-hydrogen) atoms. The third kappa shape index (κ3) is 3.62. The second-order valence-electron chi connectivity index (χ2n) is 5.40. The Bertz CT molecular complexity index is 656. The number of ether oxygens (including phenoxy) is 1. The normalized spacial score (nSPS) is 17.2. The fourth-order valence-electron chi connectivity index (χ4n) is 2.59. The lowest BCUT2D eigenvalue weighted by Gasteiger charge is -2.13. The number of amides is 1.